The molecule has 2 rings (SSSR count). The van der Waals surface area contributed by atoms with E-state index in [2.05, 4.69) is 50.2 Å². The minimum atomic E-state index is 0.349. The van der Waals surface area contributed by atoms with E-state index in [-0.39, 0.29) is 0 Å². The normalized spacial score (nSPS) is 12.4. The van der Waals surface area contributed by atoms with E-state index in [9.17, 15) is 0 Å². The van der Waals surface area contributed by atoms with Crippen LogP contribution in [0.15, 0.2) is 48.5 Å². The Morgan fingerprint density at radius 2 is 1.33 bits per heavy atom. The number of hydrogen-bond donors (Lipinski definition) is 1. The second kappa shape index (κ2) is 7.28. The fourth-order valence-corrected chi connectivity index (χ4v) is 2.64. The van der Waals surface area contributed by atoms with E-state index >= 15 is 0 Å². The van der Waals surface area contributed by atoms with Crippen molar-refractivity contribution < 1.29 is 4.74 Å². The zero-order valence-corrected chi connectivity index (χ0v) is 13.2. The van der Waals surface area contributed by atoms with E-state index in [1.165, 1.54) is 16.7 Å². The molecule has 1 unspecified atom stereocenters. The van der Waals surface area contributed by atoms with Crippen LogP contribution in [0.5, 0.6) is 5.75 Å². The zero-order valence-electron chi connectivity index (χ0n) is 13.2. The number of benzene rings is 2. The Balaban J connectivity index is 2.28. The van der Waals surface area contributed by atoms with Crippen molar-refractivity contribution in [1.82, 2.24) is 0 Å². The molecule has 0 aromatic heterocycles. The third-order valence-electron chi connectivity index (χ3n) is 3.98. The van der Waals surface area contributed by atoms with Crippen LogP contribution in [0, 0.1) is 0 Å². The van der Waals surface area contributed by atoms with Gasteiger partial charge in [-0.15, -0.1) is 0 Å². The molecule has 0 spiro atoms. The lowest BCUT2D eigenvalue weighted by molar-refractivity contribution is 0.414. The van der Waals surface area contributed by atoms with Gasteiger partial charge in [-0.25, -0.2) is 0 Å². The quantitative estimate of drug-likeness (QED) is 0.858. The van der Waals surface area contributed by atoms with Gasteiger partial charge in [0, 0.05) is 5.92 Å². The molecule has 2 heteroatoms. The highest BCUT2D eigenvalue weighted by Gasteiger charge is 2.14. The number of methoxy groups -OCH3 is 1. The maximum Gasteiger partial charge on any atom is 0.118 e. The van der Waals surface area contributed by atoms with Crippen LogP contribution in [0.1, 0.15) is 48.8 Å². The van der Waals surface area contributed by atoms with Gasteiger partial charge in [0.15, 0.2) is 0 Å². The molecular formula is C19H25NO. The van der Waals surface area contributed by atoms with Crippen molar-refractivity contribution >= 4 is 0 Å². The topological polar surface area (TPSA) is 35.2 Å². The van der Waals surface area contributed by atoms with Crippen LogP contribution in [-0.2, 0) is 0 Å². The van der Waals surface area contributed by atoms with Gasteiger partial charge >= 0.3 is 0 Å². The number of rotatable bonds is 6. The van der Waals surface area contributed by atoms with E-state index in [0.29, 0.717) is 18.4 Å². The molecule has 0 heterocycles. The van der Waals surface area contributed by atoms with Crippen molar-refractivity contribution in [2.24, 2.45) is 5.73 Å². The van der Waals surface area contributed by atoms with Crippen LogP contribution in [0.25, 0.3) is 0 Å². The smallest absolute Gasteiger partial charge is 0.118 e. The summed E-state index contributed by atoms with van der Waals surface area (Å²) >= 11 is 0. The third-order valence-corrected chi connectivity index (χ3v) is 3.98. The van der Waals surface area contributed by atoms with Crippen molar-refractivity contribution in [2.75, 3.05) is 13.7 Å². The van der Waals surface area contributed by atoms with Gasteiger partial charge in [0.1, 0.15) is 5.75 Å². The monoisotopic (exact) mass is 283 g/mol. The molecule has 0 bridgehead atoms. The van der Waals surface area contributed by atoms with Gasteiger partial charge in [0.25, 0.3) is 0 Å². The van der Waals surface area contributed by atoms with Crippen LogP contribution >= 0.6 is 0 Å². The van der Waals surface area contributed by atoms with Crippen LogP contribution in [0.2, 0.25) is 0 Å². The standard InChI is InChI=1S/C19H25NO/c1-14(2)15-4-6-16(7-5-15)19(12-13-20)17-8-10-18(21-3)11-9-17/h4-11,14,19H,12-13,20H2,1-3H3. The summed E-state index contributed by atoms with van der Waals surface area (Å²) in [5.74, 6) is 1.80. The fraction of sp³-hybridized carbons (Fsp3) is 0.368. The van der Waals surface area contributed by atoms with Crippen molar-refractivity contribution in [3.05, 3.63) is 65.2 Å². The Hall–Kier alpha value is -1.80. The second-order valence-corrected chi connectivity index (χ2v) is 5.72. The highest BCUT2D eigenvalue weighted by atomic mass is 16.5. The summed E-state index contributed by atoms with van der Waals surface area (Å²) < 4.78 is 5.23. The van der Waals surface area contributed by atoms with Crippen molar-refractivity contribution in [2.45, 2.75) is 32.1 Å². The van der Waals surface area contributed by atoms with Gasteiger partial charge in [0.05, 0.1) is 7.11 Å². The summed E-state index contributed by atoms with van der Waals surface area (Å²) in [6.45, 7) is 5.12. The highest BCUT2D eigenvalue weighted by Crippen LogP contribution is 2.30. The van der Waals surface area contributed by atoms with Gasteiger partial charge in [-0.3, -0.25) is 0 Å². The van der Waals surface area contributed by atoms with Gasteiger partial charge in [-0.1, -0.05) is 50.2 Å². The van der Waals surface area contributed by atoms with Crippen LogP contribution < -0.4 is 10.5 Å². The maximum absolute atomic E-state index is 5.81. The number of hydrogen-bond acceptors (Lipinski definition) is 2. The first kappa shape index (κ1) is 15.6. The van der Waals surface area contributed by atoms with E-state index in [1.807, 2.05) is 12.1 Å². The van der Waals surface area contributed by atoms with Crippen LogP contribution in [0.3, 0.4) is 0 Å². The Morgan fingerprint density at radius 1 is 0.857 bits per heavy atom. The minimum Gasteiger partial charge on any atom is -0.497 e. The largest absolute Gasteiger partial charge is 0.497 e. The molecule has 0 saturated heterocycles. The first-order valence-electron chi connectivity index (χ1n) is 7.59. The highest BCUT2D eigenvalue weighted by molar-refractivity contribution is 5.37. The lowest BCUT2D eigenvalue weighted by Gasteiger charge is -2.18. The minimum absolute atomic E-state index is 0.349. The summed E-state index contributed by atoms with van der Waals surface area (Å²) in [5, 5.41) is 0. The van der Waals surface area contributed by atoms with Crippen molar-refractivity contribution in [3.63, 3.8) is 0 Å². The summed E-state index contributed by atoms with van der Waals surface area (Å²) in [5.41, 5.74) is 9.81. The second-order valence-electron chi connectivity index (χ2n) is 5.72. The SMILES string of the molecule is COc1ccc(C(CCN)c2ccc(C(C)C)cc2)cc1. The molecule has 0 aliphatic carbocycles. The van der Waals surface area contributed by atoms with Gasteiger partial charge in [0.2, 0.25) is 0 Å². The molecule has 0 aliphatic rings. The Bertz CT molecular complexity index is 543. The lowest BCUT2D eigenvalue weighted by atomic mass is 9.87. The molecule has 0 radical (unpaired) electrons. The molecule has 2 nitrogen and oxygen atoms in total. The van der Waals surface area contributed by atoms with E-state index in [0.717, 1.165) is 12.2 Å². The van der Waals surface area contributed by atoms with E-state index < -0.39 is 0 Å². The van der Waals surface area contributed by atoms with Crippen LogP contribution in [0.4, 0.5) is 0 Å². The van der Waals surface area contributed by atoms with Crippen molar-refractivity contribution in [3.8, 4) is 5.75 Å². The van der Waals surface area contributed by atoms with Gasteiger partial charge in [-0.2, -0.15) is 0 Å². The Morgan fingerprint density at radius 3 is 1.76 bits per heavy atom. The summed E-state index contributed by atoms with van der Waals surface area (Å²) in [4.78, 5) is 0. The van der Waals surface area contributed by atoms with Gasteiger partial charge in [-0.05, 0) is 47.7 Å². The summed E-state index contributed by atoms with van der Waals surface area (Å²) in [6, 6.07) is 17.2. The molecule has 21 heavy (non-hydrogen) atoms. The first-order chi connectivity index (χ1) is 10.2. The first-order valence-corrected chi connectivity index (χ1v) is 7.59. The Labute approximate surface area is 127 Å². The molecule has 0 fully saturated rings. The zero-order chi connectivity index (χ0) is 15.2. The lowest BCUT2D eigenvalue weighted by Crippen LogP contribution is -2.09. The molecule has 1 atom stereocenters. The molecule has 2 aromatic rings. The maximum atomic E-state index is 5.81. The Kier molecular flexibility index (Phi) is 5.40. The average molecular weight is 283 g/mol. The predicted molar refractivity (Wildman–Crippen MR) is 89.0 cm³/mol. The third kappa shape index (κ3) is 3.85. The summed E-state index contributed by atoms with van der Waals surface area (Å²) in [7, 11) is 1.69. The molecular weight excluding hydrogens is 258 g/mol. The molecule has 2 aromatic carbocycles. The molecule has 2 N–H and O–H groups in total. The van der Waals surface area contributed by atoms with Crippen molar-refractivity contribution in [1.29, 1.82) is 0 Å². The van der Waals surface area contributed by atoms with Crippen LogP contribution in [-0.4, -0.2) is 13.7 Å². The average Bonchev–Trinajstić information content (AvgIpc) is 2.53. The number of nitrogens with two attached hydrogens (primary N) is 1. The fourth-order valence-electron chi connectivity index (χ4n) is 2.64. The number of ether oxygens (including phenoxy) is 1. The molecule has 0 amide bonds. The van der Waals surface area contributed by atoms with Gasteiger partial charge < -0.3 is 10.5 Å². The molecule has 0 aliphatic heterocycles. The summed E-state index contributed by atoms with van der Waals surface area (Å²) in [6.07, 6.45) is 0.952. The molecule has 0 saturated carbocycles. The van der Waals surface area contributed by atoms with E-state index in [1.54, 1.807) is 7.11 Å². The molecule has 112 valence electrons. The predicted octanol–water partition coefficient (Wildman–Crippen LogP) is 4.30. The van der Waals surface area contributed by atoms with E-state index in [4.69, 9.17) is 10.5 Å².